The van der Waals surface area contributed by atoms with Gasteiger partial charge in [0, 0.05) is 23.2 Å². The first-order valence-electron chi connectivity index (χ1n) is 7.84. The van der Waals surface area contributed by atoms with Gasteiger partial charge in [0.1, 0.15) is 5.82 Å². The molecule has 3 N–H and O–H groups in total. The molecule has 2 rings (SSSR count). The average Bonchev–Trinajstić information content (AvgIpc) is 2.97. The van der Waals surface area contributed by atoms with Gasteiger partial charge < -0.3 is 11.1 Å². The molecule has 1 saturated carbocycles. The second-order valence-electron chi connectivity index (χ2n) is 5.64. The third-order valence-corrected chi connectivity index (χ3v) is 5.45. The molecule has 1 aliphatic carbocycles. The number of pyridine rings is 1. The van der Waals surface area contributed by atoms with Gasteiger partial charge in [-0.2, -0.15) is 11.8 Å². The number of nitrogen functional groups attached to an aromatic ring is 1. The number of aromatic nitrogens is 1. The summed E-state index contributed by atoms with van der Waals surface area (Å²) in [5, 5.41) is 4.55. The van der Waals surface area contributed by atoms with Crippen molar-refractivity contribution >= 4 is 17.6 Å². The summed E-state index contributed by atoms with van der Waals surface area (Å²) in [4.78, 5) is 4.19. The Morgan fingerprint density at radius 3 is 2.95 bits per heavy atom. The Bertz CT molecular complexity index is 391. The molecule has 0 aliphatic heterocycles. The van der Waals surface area contributed by atoms with Crippen LogP contribution in [0.4, 0.5) is 5.82 Å². The zero-order chi connectivity index (χ0) is 14.2. The maximum Gasteiger partial charge on any atom is 0.126 e. The minimum Gasteiger partial charge on any atom is -0.383 e. The Hall–Kier alpha value is -0.740. The largest absolute Gasteiger partial charge is 0.383 e. The van der Waals surface area contributed by atoms with Crippen molar-refractivity contribution in [3.8, 4) is 0 Å². The molecule has 0 aromatic carbocycles. The summed E-state index contributed by atoms with van der Waals surface area (Å²) in [6.07, 6.45) is 9.56. The molecule has 1 aromatic heterocycles. The minimum absolute atomic E-state index is 0.507. The molecule has 1 unspecified atom stereocenters. The van der Waals surface area contributed by atoms with Crippen molar-refractivity contribution in [3.63, 3.8) is 0 Å². The van der Waals surface area contributed by atoms with Crippen molar-refractivity contribution < 1.29 is 0 Å². The molecule has 1 aromatic rings. The number of nitrogens with zero attached hydrogens (tertiary/aromatic N) is 1. The summed E-state index contributed by atoms with van der Waals surface area (Å²) < 4.78 is 0. The zero-order valence-electron chi connectivity index (χ0n) is 12.5. The summed E-state index contributed by atoms with van der Waals surface area (Å²) in [6.45, 7) is 3.29. The van der Waals surface area contributed by atoms with Gasteiger partial charge >= 0.3 is 0 Å². The van der Waals surface area contributed by atoms with Crippen LogP contribution in [0.2, 0.25) is 0 Å². The lowest BCUT2D eigenvalue weighted by molar-refractivity contribution is 0.549. The molecule has 0 spiro atoms. The molecule has 20 heavy (non-hydrogen) atoms. The first-order chi connectivity index (χ1) is 9.79. The van der Waals surface area contributed by atoms with Crippen molar-refractivity contribution in [1.29, 1.82) is 0 Å². The molecule has 4 heteroatoms. The maximum atomic E-state index is 5.97. The van der Waals surface area contributed by atoms with E-state index in [0.717, 1.165) is 18.2 Å². The highest BCUT2D eigenvalue weighted by molar-refractivity contribution is 7.99. The van der Waals surface area contributed by atoms with Crippen molar-refractivity contribution in [2.24, 2.45) is 0 Å². The Morgan fingerprint density at radius 1 is 1.45 bits per heavy atom. The van der Waals surface area contributed by atoms with E-state index in [-0.39, 0.29) is 0 Å². The van der Waals surface area contributed by atoms with E-state index in [1.54, 1.807) is 6.20 Å². The topological polar surface area (TPSA) is 50.9 Å². The Balaban J connectivity index is 1.87. The highest BCUT2D eigenvalue weighted by atomic mass is 32.2. The van der Waals surface area contributed by atoms with Crippen LogP contribution in [0.3, 0.4) is 0 Å². The van der Waals surface area contributed by atoms with Crippen LogP contribution in [-0.4, -0.2) is 28.6 Å². The van der Waals surface area contributed by atoms with Crippen LogP contribution >= 0.6 is 11.8 Å². The molecule has 0 radical (unpaired) electrons. The molecule has 0 amide bonds. The smallest absolute Gasteiger partial charge is 0.126 e. The van der Waals surface area contributed by atoms with Gasteiger partial charge in [-0.15, -0.1) is 0 Å². The van der Waals surface area contributed by atoms with Crippen LogP contribution < -0.4 is 11.1 Å². The van der Waals surface area contributed by atoms with E-state index in [9.17, 15) is 0 Å². The lowest BCUT2D eigenvalue weighted by Crippen LogP contribution is -2.34. The van der Waals surface area contributed by atoms with Gasteiger partial charge in [-0.3, -0.25) is 0 Å². The number of hydrogen-bond acceptors (Lipinski definition) is 4. The molecule has 1 atom stereocenters. The fraction of sp³-hybridized carbons (Fsp3) is 0.688. The lowest BCUT2D eigenvalue weighted by Gasteiger charge is -2.20. The summed E-state index contributed by atoms with van der Waals surface area (Å²) in [6, 6.07) is 4.59. The molecule has 1 aliphatic rings. The van der Waals surface area contributed by atoms with E-state index < -0.39 is 0 Å². The molecule has 1 heterocycles. The van der Waals surface area contributed by atoms with E-state index in [2.05, 4.69) is 35.1 Å². The summed E-state index contributed by atoms with van der Waals surface area (Å²) in [5.41, 5.74) is 7.14. The monoisotopic (exact) mass is 293 g/mol. The summed E-state index contributed by atoms with van der Waals surface area (Å²) >= 11 is 2.14. The van der Waals surface area contributed by atoms with Crippen molar-refractivity contribution in [3.05, 3.63) is 23.9 Å². The number of nitrogens with one attached hydrogen (secondary N) is 1. The van der Waals surface area contributed by atoms with Crippen LogP contribution in [-0.2, 0) is 6.42 Å². The van der Waals surface area contributed by atoms with Gasteiger partial charge in [-0.25, -0.2) is 4.98 Å². The van der Waals surface area contributed by atoms with Gasteiger partial charge in [0.2, 0.25) is 0 Å². The summed E-state index contributed by atoms with van der Waals surface area (Å²) in [5.74, 6) is 1.86. The van der Waals surface area contributed by atoms with E-state index in [0.29, 0.717) is 11.9 Å². The fourth-order valence-electron chi connectivity index (χ4n) is 2.73. The lowest BCUT2D eigenvalue weighted by atomic mass is 10.1. The fourth-order valence-corrected chi connectivity index (χ4v) is 4.14. The second kappa shape index (κ2) is 8.53. The summed E-state index contributed by atoms with van der Waals surface area (Å²) in [7, 11) is 0. The predicted molar refractivity (Wildman–Crippen MR) is 89.1 cm³/mol. The second-order valence-corrected chi connectivity index (χ2v) is 6.98. The zero-order valence-corrected chi connectivity index (χ0v) is 13.3. The Labute approximate surface area is 127 Å². The minimum atomic E-state index is 0.507. The average molecular weight is 293 g/mol. The molecule has 0 saturated heterocycles. The van der Waals surface area contributed by atoms with E-state index in [4.69, 9.17) is 5.73 Å². The standard InChI is InChI=1S/C16H27N3S/c1-2-9-18-14(12-20-15-7-3-4-8-15)11-13-6-5-10-19-16(13)17/h5-6,10,14-15,18H,2-4,7-9,11-12H2,1H3,(H2,17,19). The molecular formula is C16H27N3S. The van der Waals surface area contributed by atoms with Crippen LogP contribution in [0.15, 0.2) is 18.3 Å². The molecule has 1 fully saturated rings. The van der Waals surface area contributed by atoms with Crippen LogP contribution in [0.5, 0.6) is 0 Å². The number of nitrogens with two attached hydrogens (primary N) is 1. The number of anilines is 1. The van der Waals surface area contributed by atoms with E-state index in [1.807, 2.05) is 6.07 Å². The van der Waals surface area contributed by atoms with Gasteiger partial charge in [0.05, 0.1) is 0 Å². The Kier molecular flexibility index (Phi) is 6.67. The SMILES string of the molecule is CCCNC(CSC1CCCC1)Cc1cccnc1N. The molecule has 112 valence electrons. The quantitative estimate of drug-likeness (QED) is 0.772. The van der Waals surface area contributed by atoms with E-state index in [1.165, 1.54) is 43.4 Å². The Morgan fingerprint density at radius 2 is 2.25 bits per heavy atom. The first-order valence-corrected chi connectivity index (χ1v) is 8.88. The molecular weight excluding hydrogens is 266 g/mol. The maximum absolute atomic E-state index is 5.97. The normalized spacial score (nSPS) is 17.4. The number of thioether (sulfide) groups is 1. The predicted octanol–water partition coefficient (Wildman–Crippen LogP) is 3.25. The van der Waals surface area contributed by atoms with Gasteiger partial charge in [0.15, 0.2) is 0 Å². The van der Waals surface area contributed by atoms with Crippen molar-refractivity contribution in [2.75, 3.05) is 18.0 Å². The molecule has 0 bridgehead atoms. The van der Waals surface area contributed by atoms with Gasteiger partial charge in [0.25, 0.3) is 0 Å². The third kappa shape index (κ3) is 4.98. The van der Waals surface area contributed by atoms with Gasteiger partial charge in [-0.1, -0.05) is 25.8 Å². The highest BCUT2D eigenvalue weighted by Gasteiger charge is 2.18. The highest BCUT2D eigenvalue weighted by Crippen LogP contribution is 2.30. The van der Waals surface area contributed by atoms with Crippen molar-refractivity contribution in [2.45, 2.75) is 56.7 Å². The molecule has 3 nitrogen and oxygen atoms in total. The van der Waals surface area contributed by atoms with Crippen molar-refractivity contribution in [1.82, 2.24) is 10.3 Å². The van der Waals surface area contributed by atoms with Crippen LogP contribution in [0.1, 0.15) is 44.6 Å². The van der Waals surface area contributed by atoms with E-state index >= 15 is 0 Å². The number of rotatable bonds is 8. The third-order valence-electron chi connectivity index (χ3n) is 3.91. The number of hydrogen-bond donors (Lipinski definition) is 2. The van der Waals surface area contributed by atoms with Crippen LogP contribution in [0.25, 0.3) is 0 Å². The van der Waals surface area contributed by atoms with Crippen LogP contribution in [0, 0.1) is 0 Å². The first kappa shape index (κ1) is 15.6. The van der Waals surface area contributed by atoms with Gasteiger partial charge in [-0.05, 0) is 43.9 Å².